The Morgan fingerprint density at radius 2 is 1.87 bits per heavy atom. The van der Waals surface area contributed by atoms with Gasteiger partial charge in [0.1, 0.15) is 11.4 Å². The molecule has 2 N–H and O–H groups in total. The summed E-state index contributed by atoms with van der Waals surface area (Å²) in [5.41, 5.74) is 0.268. The topological polar surface area (TPSA) is 114 Å². The quantitative estimate of drug-likeness (QED) is 0.262. The lowest BCUT2D eigenvalue weighted by Gasteiger charge is -2.26. The lowest BCUT2D eigenvalue weighted by Crippen LogP contribution is -2.54. The Labute approximate surface area is 235 Å². The van der Waals surface area contributed by atoms with Gasteiger partial charge in [-0.05, 0) is 77.0 Å². The maximum absolute atomic E-state index is 13.8. The normalized spacial score (nSPS) is 14.3. The highest BCUT2D eigenvalue weighted by molar-refractivity contribution is 9.10. The number of ether oxygens (including phenoxy) is 2. The van der Waals surface area contributed by atoms with E-state index in [1.54, 1.807) is 31.2 Å². The standard InChI is InChI=1S/C27H20BrClFN3O6/c1-2-38-22-12-15(11-19(28)24(22)39-14-23(34)31-21-9-4-3-8-20(21)30)10-18-25(35)32-27(37)33(26(18)36)17-7-5-6-16(29)13-17/h3-13H,2,14H2,1H3,(H,31,34)(H,32,35,37)/b18-10+. The minimum absolute atomic E-state index is 0.0119. The van der Waals surface area contributed by atoms with Crippen LogP contribution in [0.2, 0.25) is 5.02 Å². The van der Waals surface area contributed by atoms with E-state index in [0.29, 0.717) is 15.1 Å². The number of hydrogen-bond donors (Lipinski definition) is 2. The Morgan fingerprint density at radius 1 is 1.10 bits per heavy atom. The fourth-order valence-corrected chi connectivity index (χ4v) is 4.39. The number of barbiturate groups is 1. The maximum Gasteiger partial charge on any atom is 0.335 e. The fourth-order valence-electron chi connectivity index (χ4n) is 3.63. The molecule has 3 aromatic rings. The molecule has 0 aromatic heterocycles. The summed E-state index contributed by atoms with van der Waals surface area (Å²) in [5, 5.41) is 4.88. The number of carbonyl (C=O) groups excluding carboxylic acids is 4. The molecule has 0 spiro atoms. The minimum Gasteiger partial charge on any atom is -0.490 e. The molecule has 1 saturated heterocycles. The largest absolute Gasteiger partial charge is 0.490 e. The van der Waals surface area contributed by atoms with Gasteiger partial charge in [0.2, 0.25) is 0 Å². The van der Waals surface area contributed by atoms with E-state index in [1.807, 2.05) is 0 Å². The first kappa shape index (κ1) is 27.8. The number of hydrogen-bond acceptors (Lipinski definition) is 6. The van der Waals surface area contributed by atoms with Crippen molar-refractivity contribution in [3.05, 3.63) is 87.1 Å². The molecule has 12 heteroatoms. The highest BCUT2D eigenvalue weighted by Crippen LogP contribution is 2.38. The number of nitrogens with one attached hydrogen (secondary N) is 2. The van der Waals surface area contributed by atoms with Gasteiger partial charge in [0.15, 0.2) is 18.1 Å². The molecule has 0 atom stereocenters. The van der Waals surface area contributed by atoms with Gasteiger partial charge in [-0.1, -0.05) is 29.8 Å². The summed E-state index contributed by atoms with van der Waals surface area (Å²) in [5.74, 6) is -2.51. The van der Waals surface area contributed by atoms with Gasteiger partial charge >= 0.3 is 6.03 Å². The zero-order valence-corrected chi connectivity index (χ0v) is 22.6. The van der Waals surface area contributed by atoms with Gasteiger partial charge in [-0.15, -0.1) is 0 Å². The van der Waals surface area contributed by atoms with Crippen LogP contribution < -0.4 is 25.0 Å². The van der Waals surface area contributed by atoms with Crippen LogP contribution in [0.5, 0.6) is 11.5 Å². The molecule has 0 aliphatic carbocycles. The molecule has 0 unspecified atom stereocenters. The van der Waals surface area contributed by atoms with Crippen LogP contribution in [0.1, 0.15) is 12.5 Å². The van der Waals surface area contributed by atoms with E-state index in [2.05, 4.69) is 26.6 Å². The van der Waals surface area contributed by atoms with Crippen LogP contribution in [0.25, 0.3) is 6.08 Å². The van der Waals surface area contributed by atoms with E-state index < -0.39 is 36.2 Å². The number of benzene rings is 3. The molecule has 5 amide bonds. The number of nitrogens with zero attached hydrogens (tertiary/aromatic N) is 1. The third-order valence-electron chi connectivity index (χ3n) is 5.31. The van der Waals surface area contributed by atoms with Crippen LogP contribution >= 0.6 is 27.5 Å². The molecule has 3 aromatic carbocycles. The number of carbonyl (C=O) groups is 4. The van der Waals surface area contributed by atoms with E-state index in [9.17, 15) is 23.6 Å². The monoisotopic (exact) mass is 615 g/mol. The van der Waals surface area contributed by atoms with Crippen LogP contribution in [0, 0.1) is 5.82 Å². The van der Waals surface area contributed by atoms with Gasteiger partial charge in [-0.2, -0.15) is 0 Å². The number of para-hydroxylation sites is 1. The second-order valence-corrected chi connectivity index (χ2v) is 9.31. The number of imide groups is 2. The Hall–Kier alpha value is -4.22. The van der Waals surface area contributed by atoms with E-state index >= 15 is 0 Å². The highest BCUT2D eigenvalue weighted by Gasteiger charge is 2.37. The lowest BCUT2D eigenvalue weighted by atomic mass is 10.1. The number of amides is 5. The fraction of sp³-hybridized carbons (Fsp3) is 0.111. The number of rotatable bonds is 8. The SMILES string of the molecule is CCOc1cc(/C=C2\C(=O)NC(=O)N(c3cccc(Cl)c3)C2=O)cc(Br)c1OCC(=O)Nc1ccccc1F. The van der Waals surface area contributed by atoms with E-state index in [4.69, 9.17) is 21.1 Å². The van der Waals surface area contributed by atoms with Crippen LogP contribution in [-0.2, 0) is 14.4 Å². The second kappa shape index (κ2) is 12.1. The molecule has 9 nitrogen and oxygen atoms in total. The van der Waals surface area contributed by atoms with Gasteiger partial charge in [-0.25, -0.2) is 14.1 Å². The van der Waals surface area contributed by atoms with Crippen molar-refractivity contribution in [3.8, 4) is 11.5 Å². The molecule has 1 aliphatic heterocycles. The first-order valence-corrected chi connectivity index (χ1v) is 12.7. The van der Waals surface area contributed by atoms with Crippen molar-refractivity contribution >= 4 is 68.7 Å². The van der Waals surface area contributed by atoms with Crippen LogP contribution in [0.3, 0.4) is 0 Å². The Kier molecular flexibility index (Phi) is 8.62. The molecule has 1 aliphatic rings. The van der Waals surface area contributed by atoms with Crippen molar-refractivity contribution in [3.63, 3.8) is 0 Å². The summed E-state index contributed by atoms with van der Waals surface area (Å²) in [6, 6.07) is 13.9. The Balaban J connectivity index is 1.59. The number of halogens is 3. The van der Waals surface area contributed by atoms with Crippen LogP contribution in [-0.4, -0.2) is 37.0 Å². The molecule has 1 fully saturated rings. The average molecular weight is 617 g/mol. The Bertz CT molecular complexity index is 1510. The molecule has 4 rings (SSSR count). The summed E-state index contributed by atoms with van der Waals surface area (Å²) < 4.78 is 25.5. The van der Waals surface area contributed by atoms with E-state index in [-0.39, 0.29) is 35.1 Å². The Morgan fingerprint density at radius 3 is 2.59 bits per heavy atom. The summed E-state index contributed by atoms with van der Waals surface area (Å²) in [4.78, 5) is 51.3. The number of anilines is 2. The molecule has 0 bridgehead atoms. The molecule has 200 valence electrons. The average Bonchev–Trinajstić information content (AvgIpc) is 2.87. The van der Waals surface area contributed by atoms with Crippen LogP contribution in [0.15, 0.2) is 70.7 Å². The van der Waals surface area contributed by atoms with Crippen LogP contribution in [0.4, 0.5) is 20.6 Å². The zero-order valence-electron chi connectivity index (χ0n) is 20.3. The molecule has 0 saturated carbocycles. The predicted molar refractivity (Wildman–Crippen MR) is 146 cm³/mol. The molecule has 0 radical (unpaired) electrons. The second-order valence-electron chi connectivity index (χ2n) is 8.02. The number of urea groups is 1. The highest BCUT2D eigenvalue weighted by atomic mass is 79.9. The smallest absolute Gasteiger partial charge is 0.335 e. The summed E-state index contributed by atoms with van der Waals surface area (Å²) in [6.07, 6.45) is 1.30. The van der Waals surface area contributed by atoms with Gasteiger partial charge in [0, 0.05) is 5.02 Å². The minimum atomic E-state index is -0.905. The summed E-state index contributed by atoms with van der Waals surface area (Å²) in [7, 11) is 0. The molecular formula is C27H20BrClFN3O6. The lowest BCUT2D eigenvalue weighted by molar-refractivity contribution is -0.122. The maximum atomic E-state index is 13.8. The first-order chi connectivity index (χ1) is 18.7. The third kappa shape index (κ3) is 6.44. The van der Waals surface area contributed by atoms with Crippen molar-refractivity contribution < 1.29 is 33.0 Å². The van der Waals surface area contributed by atoms with Crippen molar-refractivity contribution in [1.29, 1.82) is 0 Å². The van der Waals surface area contributed by atoms with Crippen molar-refractivity contribution in [2.75, 3.05) is 23.4 Å². The zero-order chi connectivity index (χ0) is 28.1. The van der Waals surface area contributed by atoms with Crippen molar-refractivity contribution in [2.24, 2.45) is 0 Å². The third-order valence-corrected chi connectivity index (χ3v) is 6.13. The van der Waals surface area contributed by atoms with E-state index in [0.717, 1.165) is 4.90 Å². The summed E-state index contributed by atoms with van der Waals surface area (Å²) in [6.45, 7) is 1.52. The molecule has 39 heavy (non-hydrogen) atoms. The van der Waals surface area contributed by atoms with Gasteiger partial charge < -0.3 is 14.8 Å². The van der Waals surface area contributed by atoms with Gasteiger partial charge in [0.25, 0.3) is 17.7 Å². The molecule has 1 heterocycles. The van der Waals surface area contributed by atoms with Gasteiger partial charge in [-0.3, -0.25) is 19.7 Å². The molecular weight excluding hydrogens is 597 g/mol. The van der Waals surface area contributed by atoms with Crippen molar-refractivity contribution in [1.82, 2.24) is 5.32 Å². The van der Waals surface area contributed by atoms with Crippen molar-refractivity contribution in [2.45, 2.75) is 6.92 Å². The summed E-state index contributed by atoms with van der Waals surface area (Å²) >= 11 is 9.37. The first-order valence-electron chi connectivity index (χ1n) is 11.5. The van der Waals surface area contributed by atoms with Gasteiger partial charge in [0.05, 0.1) is 22.5 Å². The van der Waals surface area contributed by atoms with E-state index in [1.165, 1.54) is 42.5 Å². The predicted octanol–water partition coefficient (Wildman–Crippen LogP) is 5.32.